The average molecular weight is 418 g/mol. The lowest BCUT2D eigenvalue weighted by Gasteiger charge is -2.28. The summed E-state index contributed by atoms with van der Waals surface area (Å²) in [7, 11) is 0. The lowest BCUT2D eigenvalue weighted by Crippen LogP contribution is -2.24. The van der Waals surface area contributed by atoms with E-state index in [0.717, 1.165) is 28.1 Å². The number of para-hydroxylation sites is 1. The van der Waals surface area contributed by atoms with Gasteiger partial charge in [-0.05, 0) is 37.1 Å². The molecule has 160 valence electrons. The number of anilines is 1. The second kappa shape index (κ2) is 9.56. The van der Waals surface area contributed by atoms with Crippen LogP contribution in [0.15, 0.2) is 66.7 Å². The van der Waals surface area contributed by atoms with E-state index in [9.17, 15) is 4.79 Å². The van der Waals surface area contributed by atoms with Crippen molar-refractivity contribution in [1.82, 2.24) is 0 Å². The molecule has 1 aliphatic rings. The van der Waals surface area contributed by atoms with Gasteiger partial charge in [-0.3, -0.25) is 4.79 Å². The summed E-state index contributed by atoms with van der Waals surface area (Å²) in [6.07, 6.45) is 0.345. The van der Waals surface area contributed by atoms with Crippen molar-refractivity contribution >= 4 is 11.6 Å². The molecule has 0 radical (unpaired) electrons. The van der Waals surface area contributed by atoms with Gasteiger partial charge in [0.1, 0.15) is 12.4 Å². The summed E-state index contributed by atoms with van der Waals surface area (Å²) in [4.78, 5) is 12.6. The van der Waals surface area contributed by atoms with Crippen molar-refractivity contribution in [3.05, 3.63) is 83.4 Å². The summed E-state index contributed by atoms with van der Waals surface area (Å²) < 4.78 is 17.8. The monoisotopic (exact) mass is 417 g/mol. The van der Waals surface area contributed by atoms with Gasteiger partial charge in [0, 0.05) is 29.7 Å². The van der Waals surface area contributed by atoms with E-state index in [1.807, 2.05) is 80.6 Å². The predicted octanol–water partition coefficient (Wildman–Crippen LogP) is 5.54. The molecule has 3 aromatic rings. The maximum atomic E-state index is 12.6. The van der Waals surface area contributed by atoms with Crippen molar-refractivity contribution in [3.8, 4) is 17.2 Å². The molecular formula is C26H27NO4. The van der Waals surface area contributed by atoms with E-state index in [4.69, 9.17) is 14.2 Å². The molecule has 0 aliphatic carbocycles. The first kappa shape index (κ1) is 20.8. The number of carbonyl (C=O) groups excluding carboxylic acids is 1. The highest BCUT2D eigenvalue weighted by Crippen LogP contribution is 2.45. The van der Waals surface area contributed by atoms with Gasteiger partial charge in [-0.25, -0.2) is 0 Å². The largest absolute Gasteiger partial charge is 0.490 e. The van der Waals surface area contributed by atoms with Crippen LogP contribution in [0.4, 0.5) is 5.69 Å². The summed E-state index contributed by atoms with van der Waals surface area (Å²) >= 11 is 0. The van der Waals surface area contributed by atoms with E-state index >= 15 is 0 Å². The fraction of sp³-hybridized carbons (Fsp3) is 0.269. The van der Waals surface area contributed by atoms with Crippen LogP contribution >= 0.6 is 0 Å². The molecule has 31 heavy (non-hydrogen) atoms. The molecule has 1 heterocycles. The van der Waals surface area contributed by atoms with Crippen molar-refractivity contribution in [2.45, 2.75) is 32.8 Å². The van der Waals surface area contributed by atoms with Crippen molar-refractivity contribution < 1.29 is 19.0 Å². The van der Waals surface area contributed by atoms with Crippen LogP contribution in [0.1, 0.15) is 42.9 Å². The summed E-state index contributed by atoms with van der Waals surface area (Å²) in [6, 6.07) is 21.8. The molecule has 0 bridgehead atoms. The number of nitrogens with one attached hydrogen (secondary N) is 1. The summed E-state index contributed by atoms with van der Waals surface area (Å²) in [6.45, 7) is 5.40. The minimum Gasteiger partial charge on any atom is -0.490 e. The molecule has 0 fully saturated rings. The quantitative estimate of drug-likeness (QED) is 0.523. The minimum absolute atomic E-state index is 0.0260. The summed E-state index contributed by atoms with van der Waals surface area (Å²) in [5.41, 5.74) is 3.84. The van der Waals surface area contributed by atoms with E-state index in [1.54, 1.807) is 0 Å². The molecule has 0 saturated carbocycles. The summed E-state index contributed by atoms with van der Waals surface area (Å²) in [5.74, 6) is 1.95. The predicted molar refractivity (Wildman–Crippen MR) is 121 cm³/mol. The Morgan fingerprint density at radius 2 is 1.48 bits per heavy atom. The van der Waals surface area contributed by atoms with Gasteiger partial charge in [-0.2, -0.15) is 0 Å². The number of ether oxygens (including phenoxy) is 3. The number of amides is 1. The van der Waals surface area contributed by atoms with Crippen molar-refractivity contribution in [1.29, 1.82) is 0 Å². The van der Waals surface area contributed by atoms with Crippen LogP contribution in [0.3, 0.4) is 0 Å². The van der Waals surface area contributed by atoms with Crippen LogP contribution in [0.5, 0.6) is 17.2 Å². The van der Waals surface area contributed by atoms with E-state index in [1.165, 1.54) is 0 Å². The zero-order valence-electron chi connectivity index (χ0n) is 17.9. The number of hydrogen-bond donors (Lipinski definition) is 1. The molecule has 1 atom stereocenters. The van der Waals surface area contributed by atoms with Gasteiger partial charge < -0.3 is 19.5 Å². The highest BCUT2D eigenvalue weighted by Gasteiger charge is 2.30. The Morgan fingerprint density at radius 3 is 2.23 bits per heavy atom. The lowest BCUT2D eigenvalue weighted by atomic mass is 9.84. The van der Waals surface area contributed by atoms with Gasteiger partial charge in [-0.1, -0.05) is 48.5 Å². The fourth-order valence-electron chi connectivity index (χ4n) is 3.92. The zero-order chi connectivity index (χ0) is 21.6. The molecule has 5 nitrogen and oxygen atoms in total. The van der Waals surface area contributed by atoms with Crippen LogP contribution in [0.2, 0.25) is 0 Å². The number of fused-ring (bicyclic) bond motifs is 1. The Bertz CT molecular complexity index is 1050. The van der Waals surface area contributed by atoms with E-state index in [2.05, 4.69) is 5.32 Å². The van der Waals surface area contributed by atoms with Crippen LogP contribution in [-0.4, -0.2) is 19.1 Å². The zero-order valence-corrected chi connectivity index (χ0v) is 17.9. The minimum atomic E-state index is -0.134. The molecule has 5 heteroatoms. The topological polar surface area (TPSA) is 56.8 Å². The summed E-state index contributed by atoms with van der Waals surface area (Å²) in [5, 5.41) is 2.99. The SMILES string of the molecule is CCOc1cc2c(cc1OCC)[C@@H](c1ccccc1OCc1ccccc1)CC(=O)N2. The van der Waals surface area contributed by atoms with Gasteiger partial charge in [0.25, 0.3) is 0 Å². The molecule has 1 aliphatic heterocycles. The van der Waals surface area contributed by atoms with Crippen LogP contribution < -0.4 is 19.5 Å². The van der Waals surface area contributed by atoms with Gasteiger partial charge in [0.05, 0.1) is 13.2 Å². The maximum Gasteiger partial charge on any atom is 0.225 e. The molecule has 0 spiro atoms. The molecule has 4 rings (SSSR count). The number of carbonyl (C=O) groups is 1. The van der Waals surface area contributed by atoms with E-state index in [0.29, 0.717) is 37.7 Å². The number of rotatable bonds is 8. The highest BCUT2D eigenvalue weighted by molar-refractivity contribution is 5.96. The Hall–Kier alpha value is -3.47. The Morgan fingerprint density at radius 1 is 0.806 bits per heavy atom. The maximum absolute atomic E-state index is 12.6. The molecule has 3 aromatic carbocycles. The lowest BCUT2D eigenvalue weighted by molar-refractivity contribution is -0.116. The normalized spacial score (nSPS) is 15.0. The standard InChI is InChI=1S/C26H27NO4/c1-3-29-24-14-21-20(15-26(28)27-22(21)16-25(24)30-4-2)19-12-8-9-13-23(19)31-17-18-10-6-5-7-11-18/h5-14,16,20H,3-4,15,17H2,1-2H3,(H,27,28)/t20-/m1/s1. The van der Waals surface area contributed by atoms with Gasteiger partial charge >= 0.3 is 0 Å². The van der Waals surface area contributed by atoms with Crippen LogP contribution in [0, 0.1) is 0 Å². The highest BCUT2D eigenvalue weighted by atomic mass is 16.5. The fourth-order valence-corrected chi connectivity index (χ4v) is 3.92. The average Bonchev–Trinajstić information content (AvgIpc) is 2.79. The van der Waals surface area contributed by atoms with Gasteiger partial charge in [0.2, 0.25) is 5.91 Å². The molecule has 1 amide bonds. The van der Waals surface area contributed by atoms with Crippen LogP contribution in [-0.2, 0) is 11.4 Å². The Balaban J connectivity index is 1.71. The third-order valence-corrected chi connectivity index (χ3v) is 5.29. The van der Waals surface area contributed by atoms with Gasteiger partial charge in [0.15, 0.2) is 11.5 Å². The van der Waals surface area contributed by atoms with Crippen molar-refractivity contribution in [2.75, 3.05) is 18.5 Å². The molecule has 0 aromatic heterocycles. The van der Waals surface area contributed by atoms with Crippen molar-refractivity contribution in [3.63, 3.8) is 0 Å². The number of benzene rings is 3. The third-order valence-electron chi connectivity index (χ3n) is 5.29. The molecule has 1 N–H and O–H groups in total. The molecular weight excluding hydrogens is 390 g/mol. The van der Waals surface area contributed by atoms with E-state index < -0.39 is 0 Å². The molecule has 0 saturated heterocycles. The first-order chi connectivity index (χ1) is 15.2. The van der Waals surface area contributed by atoms with Crippen LogP contribution in [0.25, 0.3) is 0 Å². The van der Waals surface area contributed by atoms with Gasteiger partial charge in [-0.15, -0.1) is 0 Å². The smallest absolute Gasteiger partial charge is 0.225 e. The molecule has 0 unspecified atom stereocenters. The second-order valence-corrected chi connectivity index (χ2v) is 7.37. The van der Waals surface area contributed by atoms with Crippen molar-refractivity contribution in [2.24, 2.45) is 0 Å². The first-order valence-electron chi connectivity index (χ1n) is 10.7. The second-order valence-electron chi connectivity index (χ2n) is 7.37. The Labute approximate surface area is 183 Å². The van der Waals surface area contributed by atoms with E-state index in [-0.39, 0.29) is 11.8 Å². The Kier molecular flexibility index (Phi) is 6.41. The third kappa shape index (κ3) is 4.66. The number of hydrogen-bond acceptors (Lipinski definition) is 4. The first-order valence-corrected chi connectivity index (χ1v) is 10.7.